The second-order valence-electron chi connectivity index (χ2n) is 8.51. The van der Waals surface area contributed by atoms with E-state index in [0.717, 1.165) is 60.8 Å². The van der Waals surface area contributed by atoms with Gasteiger partial charge in [-0.05, 0) is 57.2 Å². The summed E-state index contributed by atoms with van der Waals surface area (Å²) < 4.78 is 0. The molecule has 0 spiro atoms. The van der Waals surface area contributed by atoms with Gasteiger partial charge in [-0.2, -0.15) is 0 Å². The number of rotatable bonds is 5. The van der Waals surface area contributed by atoms with Crippen LogP contribution in [0.25, 0.3) is 17.0 Å². The molecule has 0 radical (unpaired) electrons. The van der Waals surface area contributed by atoms with Crippen molar-refractivity contribution < 1.29 is 10.2 Å². The van der Waals surface area contributed by atoms with Crippen LogP contribution in [0.5, 0.6) is 0 Å². The molecular formula is C23H30N4O2. The molecule has 1 saturated heterocycles. The van der Waals surface area contributed by atoms with Gasteiger partial charge in [-0.3, -0.25) is 4.98 Å². The zero-order valence-electron chi connectivity index (χ0n) is 17.4. The van der Waals surface area contributed by atoms with Crippen LogP contribution < -0.4 is 10.2 Å². The first-order chi connectivity index (χ1) is 13.9. The number of piperidine rings is 1. The van der Waals surface area contributed by atoms with E-state index in [2.05, 4.69) is 34.3 Å². The number of aromatic nitrogens is 2. The first-order valence-corrected chi connectivity index (χ1v) is 10.5. The Kier molecular flexibility index (Phi) is 5.32. The molecular weight excluding hydrogens is 364 g/mol. The zero-order valence-corrected chi connectivity index (χ0v) is 17.4. The van der Waals surface area contributed by atoms with Crippen molar-refractivity contribution in [2.24, 2.45) is 5.92 Å². The van der Waals surface area contributed by atoms with Gasteiger partial charge in [0.2, 0.25) is 0 Å². The molecule has 2 aliphatic rings. The smallest absolute Gasteiger partial charge is 0.140 e. The molecule has 0 bridgehead atoms. The van der Waals surface area contributed by atoms with Crippen molar-refractivity contribution in [3.63, 3.8) is 0 Å². The monoisotopic (exact) mass is 394 g/mol. The summed E-state index contributed by atoms with van der Waals surface area (Å²) in [5.41, 5.74) is 4.93. The highest BCUT2D eigenvalue weighted by Gasteiger charge is 2.30. The van der Waals surface area contributed by atoms with Crippen molar-refractivity contribution in [2.45, 2.75) is 45.6 Å². The normalized spacial score (nSPS) is 18.4. The molecule has 0 amide bonds. The number of pyridine rings is 2. The minimum atomic E-state index is -0.962. The standard InChI is InChI=1S/C23H30N4O2/c1-4-5-17-21-19(25-17)12-18(16-6-7-20(24-13-16)23(2,3)29)26-22(21)27-10-8-15(14-28)9-11-27/h5-7,12-13,15,25,28-29H,4,8-11,14H2,1-3H3. The van der Waals surface area contributed by atoms with Gasteiger partial charge >= 0.3 is 0 Å². The summed E-state index contributed by atoms with van der Waals surface area (Å²) in [5.74, 6) is 1.40. The van der Waals surface area contributed by atoms with Crippen LogP contribution in [0, 0.1) is 5.92 Å². The maximum atomic E-state index is 10.2. The van der Waals surface area contributed by atoms with Crippen LogP contribution in [0.4, 0.5) is 11.5 Å². The first-order valence-electron chi connectivity index (χ1n) is 10.5. The fourth-order valence-electron chi connectivity index (χ4n) is 4.01. The van der Waals surface area contributed by atoms with E-state index in [-0.39, 0.29) is 6.61 Å². The van der Waals surface area contributed by atoms with Gasteiger partial charge in [-0.25, -0.2) is 4.98 Å². The lowest BCUT2D eigenvalue weighted by atomic mass is 9.95. The van der Waals surface area contributed by atoms with Gasteiger partial charge in [0.25, 0.3) is 0 Å². The second kappa shape index (κ2) is 7.76. The summed E-state index contributed by atoms with van der Waals surface area (Å²) in [7, 11) is 0. The van der Waals surface area contributed by atoms with Gasteiger partial charge in [-0.15, -0.1) is 0 Å². The van der Waals surface area contributed by atoms with Gasteiger partial charge in [0.15, 0.2) is 0 Å². The highest BCUT2D eigenvalue weighted by atomic mass is 16.3. The van der Waals surface area contributed by atoms with E-state index in [4.69, 9.17) is 4.98 Å². The van der Waals surface area contributed by atoms with Crippen molar-refractivity contribution in [1.29, 1.82) is 0 Å². The molecule has 0 unspecified atom stereocenters. The molecule has 1 fully saturated rings. The van der Waals surface area contributed by atoms with Crippen LogP contribution in [-0.4, -0.2) is 39.9 Å². The lowest BCUT2D eigenvalue weighted by molar-refractivity contribution is 0.0739. The Morgan fingerprint density at radius 1 is 1.28 bits per heavy atom. The van der Waals surface area contributed by atoms with Gasteiger partial charge in [-0.1, -0.05) is 13.0 Å². The SMILES string of the molecule is CCC=C1Nc2cc(-c3ccc(C(C)(C)O)nc3)nc(N3CCC(CO)CC3)c21. The van der Waals surface area contributed by atoms with E-state index in [1.807, 2.05) is 12.1 Å². The van der Waals surface area contributed by atoms with Crippen LogP contribution in [-0.2, 0) is 5.60 Å². The second-order valence-corrected chi connectivity index (χ2v) is 8.51. The average molecular weight is 395 g/mol. The van der Waals surface area contributed by atoms with E-state index >= 15 is 0 Å². The average Bonchev–Trinajstić information content (AvgIpc) is 2.71. The Morgan fingerprint density at radius 2 is 2.03 bits per heavy atom. The van der Waals surface area contributed by atoms with Crippen LogP contribution in [0.15, 0.2) is 30.5 Å². The Hall–Kier alpha value is -2.44. The van der Waals surface area contributed by atoms with E-state index in [0.29, 0.717) is 11.6 Å². The molecule has 6 heteroatoms. The number of hydrogen-bond acceptors (Lipinski definition) is 6. The van der Waals surface area contributed by atoms with E-state index in [1.165, 1.54) is 5.56 Å². The van der Waals surface area contributed by atoms with Crippen molar-refractivity contribution in [3.05, 3.63) is 41.7 Å². The van der Waals surface area contributed by atoms with Crippen molar-refractivity contribution in [1.82, 2.24) is 9.97 Å². The molecule has 0 aromatic carbocycles. The summed E-state index contributed by atoms with van der Waals surface area (Å²) in [5, 5.41) is 23.1. The maximum Gasteiger partial charge on any atom is 0.140 e. The number of hydrogen-bond donors (Lipinski definition) is 3. The number of aliphatic hydroxyl groups is 2. The summed E-state index contributed by atoms with van der Waals surface area (Å²) in [6.07, 6.45) is 6.93. The lowest BCUT2D eigenvalue weighted by Crippen LogP contribution is -2.37. The van der Waals surface area contributed by atoms with Crippen molar-refractivity contribution >= 4 is 17.2 Å². The zero-order chi connectivity index (χ0) is 20.6. The number of anilines is 2. The minimum absolute atomic E-state index is 0.265. The molecule has 29 heavy (non-hydrogen) atoms. The van der Waals surface area contributed by atoms with Crippen molar-refractivity contribution in [3.8, 4) is 11.3 Å². The van der Waals surface area contributed by atoms with Gasteiger partial charge in [0.05, 0.1) is 22.6 Å². The number of allylic oxidation sites excluding steroid dienone is 1. The van der Waals surface area contributed by atoms with Crippen LogP contribution in [0.1, 0.15) is 51.3 Å². The highest BCUT2D eigenvalue weighted by Crippen LogP contribution is 2.44. The topological polar surface area (TPSA) is 81.5 Å². The summed E-state index contributed by atoms with van der Waals surface area (Å²) in [6, 6.07) is 5.91. The Morgan fingerprint density at radius 3 is 2.62 bits per heavy atom. The Bertz CT molecular complexity index is 908. The highest BCUT2D eigenvalue weighted by molar-refractivity contribution is 6.00. The molecule has 4 rings (SSSR count). The third-order valence-corrected chi connectivity index (χ3v) is 5.81. The first kappa shape index (κ1) is 19.9. The van der Waals surface area contributed by atoms with Crippen LogP contribution in [0.2, 0.25) is 0 Å². The molecule has 2 aromatic heterocycles. The third-order valence-electron chi connectivity index (χ3n) is 5.81. The van der Waals surface area contributed by atoms with Crippen molar-refractivity contribution in [2.75, 3.05) is 29.9 Å². The Balaban J connectivity index is 1.70. The van der Waals surface area contributed by atoms with E-state index in [1.54, 1.807) is 20.0 Å². The van der Waals surface area contributed by atoms with E-state index in [9.17, 15) is 10.2 Å². The fraction of sp³-hybridized carbons (Fsp3) is 0.478. The van der Waals surface area contributed by atoms with E-state index < -0.39 is 5.60 Å². The van der Waals surface area contributed by atoms with Crippen LogP contribution in [0.3, 0.4) is 0 Å². The molecule has 154 valence electrons. The summed E-state index contributed by atoms with van der Waals surface area (Å²) >= 11 is 0. The molecule has 0 atom stereocenters. The molecule has 3 N–H and O–H groups in total. The molecule has 6 nitrogen and oxygen atoms in total. The molecule has 2 aliphatic heterocycles. The maximum absolute atomic E-state index is 10.2. The lowest BCUT2D eigenvalue weighted by Gasteiger charge is -2.37. The summed E-state index contributed by atoms with van der Waals surface area (Å²) in [4.78, 5) is 11.8. The predicted molar refractivity (Wildman–Crippen MR) is 117 cm³/mol. The van der Waals surface area contributed by atoms with Gasteiger partial charge in [0, 0.05) is 37.2 Å². The molecule has 0 saturated carbocycles. The molecule has 0 aliphatic carbocycles. The number of fused-ring (bicyclic) bond motifs is 1. The van der Waals surface area contributed by atoms with Gasteiger partial charge in [0.1, 0.15) is 11.4 Å². The van der Waals surface area contributed by atoms with Gasteiger partial charge < -0.3 is 20.4 Å². The fourth-order valence-corrected chi connectivity index (χ4v) is 4.01. The molecule has 2 aromatic rings. The minimum Gasteiger partial charge on any atom is -0.396 e. The van der Waals surface area contributed by atoms with Crippen LogP contribution >= 0.6 is 0 Å². The largest absolute Gasteiger partial charge is 0.396 e. The Labute approximate surface area is 172 Å². The predicted octanol–water partition coefficient (Wildman–Crippen LogP) is 3.76. The number of aliphatic hydroxyl groups excluding tert-OH is 1. The summed E-state index contributed by atoms with van der Waals surface area (Å²) in [6.45, 7) is 7.68. The quantitative estimate of drug-likeness (QED) is 0.716. The number of nitrogens with zero attached hydrogens (tertiary/aromatic N) is 3. The number of nitrogens with one attached hydrogen (secondary N) is 1. The molecule has 4 heterocycles. The third kappa shape index (κ3) is 3.87.